The number of benzene rings is 2. The highest BCUT2D eigenvalue weighted by Crippen LogP contribution is 2.27. The zero-order valence-electron chi connectivity index (χ0n) is 13.8. The summed E-state index contributed by atoms with van der Waals surface area (Å²) in [7, 11) is 0. The molecule has 0 radical (unpaired) electrons. The van der Waals surface area contributed by atoms with Gasteiger partial charge in [0.2, 0.25) is 0 Å². The van der Waals surface area contributed by atoms with Gasteiger partial charge in [0.05, 0.1) is 5.69 Å². The molecular formula is C20H18BrFN2. The van der Waals surface area contributed by atoms with Gasteiger partial charge in [-0.2, -0.15) is 0 Å². The molecule has 0 aliphatic carbocycles. The summed E-state index contributed by atoms with van der Waals surface area (Å²) >= 11 is 3.55. The molecule has 1 aromatic heterocycles. The molecule has 3 rings (SSSR count). The summed E-state index contributed by atoms with van der Waals surface area (Å²) in [6, 6.07) is 14.7. The lowest BCUT2D eigenvalue weighted by atomic mass is 10.2. The topological polar surface area (TPSA) is 17.3 Å². The maximum Gasteiger partial charge on any atom is 0.123 e. The van der Waals surface area contributed by atoms with Crippen molar-refractivity contribution in [3.05, 3.63) is 81.3 Å². The summed E-state index contributed by atoms with van der Waals surface area (Å²) in [5, 5.41) is 0. The van der Waals surface area contributed by atoms with E-state index in [1.807, 2.05) is 32.2 Å². The quantitative estimate of drug-likeness (QED) is 0.488. The lowest BCUT2D eigenvalue weighted by Gasteiger charge is -2.09. The van der Waals surface area contributed by atoms with Gasteiger partial charge in [-0.25, -0.2) is 4.39 Å². The molecule has 0 spiro atoms. The Kier molecular flexibility index (Phi) is 4.67. The first-order valence-corrected chi connectivity index (χ1v) is 8.50. The van der Waals surface area contributed by atoms with Gasteiger partial charge < -0.3 is 4.57 Å². The van der Waals surface area contributed by atoms with Crippen LogP contribution in [0.15, 0.2) is 58.0 Å². The van der Waals surface area contributed by atoms with Crippen molar-refractivity contribution < 1.29 is 4.39 Å². The third kappa shape index (κ3) is 3.34. The Morgan fingerprint density at radius 3 is 2.38 bits per heavy atom. The highest BCUT2D eigenvalue weighted by molar-refractivity contribution is 9.10. The summed E-state index contributed by atoms with van der Waals surface area (Å²) in [5.41, 5.74) is 6.24. The van der Waals surface area contributed by atoms with Gasteiger partial charge in [-0.3, -0.25) is 4.99 Å². The Morgan fingerprint density at radius 2 is 1.71 bits per heavy atom. The van der Waals surface area contributed by atoms with Crippen LogP contribution in [0.5, 0.6) is 0 Å². The molecule has 0 atom stereocenters. The Labute approximate surface area is 149 Å². The van der Waals surface area contributed by atoms with E-state index in [1.54, 1.807) is 12.1 Å². The first-order chi connectivity index (χ1) is 11.5. The maximum atomic E-state index is 13.1. The lowest BCUT2D eigenvalue weighted by Crippen LogP contribution is -1.99. The van der Waals surface area contributed by atoms with Crippen LogP contribution in [0.1, 0.15) is 22.5 Å². The normalized spacial score (nSPS) is 11.4. The van der Waals surface area contributed by atoms with Crippen molar-refractivity contribution in [3.63, 3.8) is 0 Å². The van der Waals surface area contributed by atoms with E-state index in [0.717, 1.165) is 32.8 Å². The van der Waals surface area contributed by atoms with Crippen LogP contribution in [0.25, 0.3) is 5.69 Å². The predicted octanol–water partition coefficient (Wildman–Crippen LogP) is 6.05. The fourth-order valence-electron chi connectivity index (χ4n) is 2.76. The molecule has 1 heterocycles. The van der Waals surface area contributed by atoms with Crippen LogP contribution in [-0.2, 0) is 0 Å². The van der Waals surface area contributed by atoms with Crippen molar-refractivity contribution in [3.8, 4) is 5.69 Å². The van der Waals surface area contributed by atoms with Gasteiger partial charge in [-0.15, -0.1) is 0 Å². The summed E-state index contributed by atoms with van der Waals surface area (Å²) in [5.74, 6) is -0.229. The molecular weight excluding hydrogens is 367 g/mol. The van der Waals surface area contributed by atoms with Crippen LogP contribution < -0.4 is 0 Å². The molecule has 0 saturated carbocycles. The van der Waals surface area contributed by atoms with Crippen LogP contribution in [0.4, 0.5) is 10.1 Å². The van der Waals surface area contributed by atoms with E-state index in [0.29, 0.717) is 0 Å². The second-order valence-corrected chi connectivity index (χ2v) is 6.71. The SMILES string of the molecule is Cc1ccc(N=Cc2cc(C)n(-c3ccc(F)cc3)c2C)c(Br)c1. The number of rotatable bonds is 3. The Bertz CT molecular complexity index is 908. The molecule has 0 N–H and O–H groups in total. The van der Waals surface area contributed by atoms with Crippen LogP contribution in [0.3, 0.4) is 0 Å². The van der Waals surface area contributed by atoms with Gasteiger partial charge in [0.15, 0.2) is 0 Å². The van der Waals surface area contributed by atoms with E-state index in [-0.39, 0.29) is 5.82 Å². The molecule has 0 aliphatic rings. The summed E-state index contributed by atoms with van der Waals surface area (Å²) in [6.45, 7) is 6.13. The molecule has 122 valence electrons. The number of hydrogen-bond acceptors (Lipinski definition) is 1. The van der Waals surface area contributed by atoms with E-state index in [4.69, 9.17) is 0 Å². The average Bonchev–Trinajstić information content (AvgIpc) is 2.82. The molecule has 0 saturated heterocycles. The van der Waals surface area contributed by atoms with E-state index >= 15 is 0 Å². The number of nitrogens with zero attached hydrogens (tertiary/aromatic N) is 2. The fraction of sp³-hybridized carbons (Fsp3) is 0.150. The highest BCUT2D eigenvalue weighted by Gasteiger charge is 2.09. The molecule has 24 heavy (non-hydrogen) atoms. The Hall–Kier alpha value is -2.20. The molecule has 4 heteroatoms. The van der Waals surface area contributed by atoms with Crippen molar-refractivity contribution >= 4 is 27.8 Å². The van der Waals surface area contributed by atoms with E-state index < -0.39 is 0 Å². The zero-order valence-corrected chi connectivity index (χ0v) is 15.4. The molecule has 0 fully saturated rings. The summed E-state index contributed by atoms with van der Waals surface area (Å²) in [4.78, 5) is 4.59. The number of aromatic nitrogens is 1. The molecule has 0 bridgehead atoms. The van der Waals surface area contributed by atoms with Gasteiger partial charge in [-0.05, 0) is 84.7 Å². The van der Waals surface area contributed by atoms with Crippen LogP contribution in [0.2, 0.25) is 0 Å². The zero-order chi connectivity index (χ0) is 17.3. The standard InChI is InChI=1S/C20H18BrFN2/c1-13-4-9-20(19(21)10-13)23-12-16-11-14(2)24(15(16)3)18-7-5-17(22)6-8-18/h4-12H,1-3H3. The lowest BCUT2D eigenvalue weighted by molar-refractivity contribution is 0.627. The maximum absolute atomic E-state index is 13.1. The number of aliphatic imine (C=N–C) groups is 1. The van der Waals surface area contributed by atoms with Crippen molar-refractivity contribution in [2.45, 2.75) is 20.8 Å². The average molecular weight is 385 g/mol. The second kappa shape index (κ2) is 6.73. The van der Waals surface area contributed by atoms with Gasteiger partial charge in [0.1, 0.15) is 5.82 Å². The first-order valence-electron chi connectivity index (χ1n) is 7.71. The molecule has 2 aromatic carbocycles. The third-order valence-electron chi connectivity index (χ3n) is 4.00. The van der Waals surface area contributed by atoms with Gasteiger partial charge >= 0.3 is 0 Å². The van der Waals surface area contributed by atoms with Crippen LogP contribution in [0, 0.1) is 26.6 Å². The molecule has 0 amide bonds. The number of aryl methyl sites for hydroxylation is 2. The second-order valence-electron chi connectivity index (χ2n) is 5.85. The number of hydrogen-bond donors (Lipinski definition) is 0. The predicted molar refractivity (Wildman–Crippen MR) is 101 cm³/mol. The molecule has 0 unspecified atom stereocenters. The number of halogens is 2. The van der Waals surface area contributed by atoms with Crippen molar-refractivity contribution in [1.82, 2.24) is 4.57 Å². The molecule has 3 aromatic rings. The molecule has 0 aliphatic heterocycles. The van der Waals surface area contributed by atoms with Crippen molar-refractivity contribution in [2.75, 3.05) is 0 Å². The van der Waals surface area contributed by atoms with Crippen molar-refractivity contribution in [2.24, 2.45) is 4.99 Å². The van der Waals surface area contributed by atoms with E-state index in [9.17, 15) is 4.39 Å². The fourth-order valence-corrected chi connectivity index (χ4v) is 3.36. The third-order valence-corrected chi connectivity index (χ3v) is 4.64. The van der Waals surface area contributed by atoms with Gasteiger partial charge in [0.25, 0.3) is 0 Å². The minimum atomic E-state index is -0.229. The van der Waals surface area contributed by atoms with E-state index in [2.05, 4.69) is 44.5 Å². The summed E-state index contributed by atoms with van der Waals surface area (Å²) in [6.07, 6.45) is 1.87. The monoisotopic (exact) mass is 384 g/mol. The van der Waals surface area contributed by atoms with Gasteiger partial charge in [-0.1, -0.05) is 6.07 Å². The van der Waals surface area contributed by atoms with Crippen LogP contribution in [-0.4, -0.2) is 10.8 Å². The first kappa shape index (κ1) is 16.7. The minimum absolute atomic E-state index is 0.229. The summed E-state index contributed by atoms with van der Waals surface area (Å²) < 4.78 is 16.2. The molecule has 2 nitrogen and oxygen atoms in total. The smallest absolute Gasteiger partial charge is 0.123 e. The minimum Gasteiger partial charge on any atom is -0.318 e. The highest BCUT2D eigenvalue weighted by atomic mass is 79.9. The Balaban J connectivity index is 1.97. The largest absolute Gasteiger partial charge is 0.318 e. The van der Waals surface area contributed by atoms with Gasteiger partial charge in [0, 0.05) is 33.3 Å². The van der Waals surface area contributed by atoms with Crippen LogP contribution >= 0.6 is 15.9 Å². The van der Waals surface area contributed by atoms with E-state index in [1.165, 1.54) is 17.7 Å². The Morgan fingerprint density at radius 1 is 1.00 bits per heavy atom. The van der Waals surface area contributed by atoms with Crippen molar-refractivity contribution in [1.29, 1.82) is 0 Å².